The summed E-state index contributed by atoms with van der Waals surface area (Å²) in [5.74, 6) is 0. The van der Waals surface area contributed by atoms with Crippen LogP contribution in [0.5, 0.6) is 0 Å². The van der Waals surface area contributed by atoms with E-state index in [2.05, 4.69) is 51.9 Å². The maximum atomic E-state index is 5.90. The van der Waals surface area contributed by atoms with Crippen molar-refractivity contribution in [3.8, 4) is 11.3 Å². The number of rotatable bonds is 3. The van der Waals surface area contributed by atoms with Crippen molar-refractivity contribution in [1.29, 1.82) is 0 Å². The Morgan fingerprint density at radius 3 is 2.85 bits per heavy atom. The van der Waals surface area contributed by atoms with Gasteiger partial charge in [-0.05, 0) is 55.2 Å². The Labute approximate surface area is 155 Å². The molecule has 2 aliphatic heterocycles. The monoisotopic (exact) mass is 352 g/mol. The van der Waals surface area contributed by atoms with E-state index in [9.17, 15) is 0 Å². The van der Waals surface area contributed by atoms with Gasteiger partial charge in [0, 0.05) is 30.9 Å². The lowest BCUT2D eigenvalue weighted by molar-refractivity contribution is 0.00323. The summed E-state index contributed by atoms with van der Waals surface area (Å²) in [5, 5.41) is 9.01. The van der Waals surface area contributed by atoms with Crippen molar-refractivity contribution in [2.24, 2.45) is 5.41 Å². The van der Waals surface area contributed by atoms with E-state index in [4.69, 9.17) is 4.74 Å². The largest absolute Gasteiger partial charge is 0.376 e. The molecule has 0 N–H and O–H groups in total. The molecular weight excluding hydrogens is 324 g/mol. The predicted molar refractivity (Wildman–Crippen MR) is 102 cm³/mol. The molecule has 0 radical (unpaired) electrons. The highest BCUT2D eigenvalue weighted by Crippen LogP contribution is 2.38. The van der Waals surface area contributed by atoms with E-state index >= 15 is 0 Å². The first-order valence-corrected chi connectivity index (χ1v) is 10.0. The number of ether oxygens (including phenoxy) is 1. The Bertz CT molecular complexity index is 811. The number of benzene rings is 1. The summed E-state index contributed by atoms with van der Waals surface area (Å²) in [6.45, 7) is 8.70. The maximum absolute atomic E-state index is 5.90. The standard InChI is InChI=1S/C21H28N4O/c1-21(2)13-24(14-21)16-7-8-18-15(11-16)6-9-19-20(18)22-23-25(19)12-17-5-3-4-10-26-17/h7-8,11,17H,3-6,9-10,12-14H2,1-2H3/t17-/m1/s1. The molecule has 5 heteroatoms. The SMILES string of the molecule is CC1(C)CN(c2ccc3c(c2)CCc2c-3nnn2C[C@H]2CCCCO2)C1. The van der Waals surface area contributed by atoms with Crippen LogP contribution in [0.3, 0.4) is 0 Å². The third-order valence-electron chi connectivity index (χ3n) is 6.07. The molecule has 26 heavy (non-hydrogen) atoms. The molecular formula is C21H28N4O. The molecule has 138 valence electrons. The van der Waals surface area contributed by atoms with Gasteiger partial charge in [0.2, 0.25) is 0 Å². The van der Waals surface area contributed by atoms with E-state index in [0.717, 1.165) is 51.2 Å². The van der Waals surface area contributed by atoms with Gasteiger partial charge in [-0.2, -0.15) is 0 Å². The second-order valence-electron chi connectivity index (χ2n) is 8.92. The zero-order chi connectivity index (χ0) is 17.7. The predicted octanol–water partition coefficient (Wildman–Crippen LogP) is 3.46. The molecule has 0 unspecified atom stereocenters. The highest BCUT2D eigenvalue weighted by molar-refractivity contribution is 5.71. The van der Waals surface area contributed by atoms with Gasteiger partial charge in [-0.15, -0.1) is 5.10 Å². The molecule has 2 aromatic rings. The number of aromatic nitrogens is 3. The second-order valence-corrected chi connectivity index (χ2v) is 8.92. The van der Waals surface area contributed by atoms with Gasteiger partial charge in [0.05, 0.1) is 18.3 Å². The van der Waals surface area contributed by atoms with Gasteiger partial charge in [0.1, 0.15) is 5.69 Å². The molecule has 3 aliphatic rings. The summed E-state index contributed by atoms with van der Waals surface area (Å²) >= 11 is 0. The van der Waals surface area contributed by atoms with Crippen molar-refractivity contribution in [3.63, 3.8) is 0 Å². The van der Waals surface area contributed by atoms with Crippen LogP contribution >= 0.6 is 0 Å². The molecule has 2 fully saturated rings. The average Bonchev–Trinajstić information content (AvgIpc) is 3.03. The van der Waals surface area contributed by atoms with Crippen molar-refractivity contribution >= 4 is 5.69 Å². The van der Waals surface area contributed by atoms with Crippen molar-refractivity contribution in [1.82, 2.24) is 15.0 Å². The van der Waals surface area contributed by atoms with Gasteiger partial charge < -0.3 is 9.64 Å². The first-order chi connectivity index (χ1) is 12.6. The Morgan fingerprint density at radius 2 is 2.08 bits per heavy atom. The molecule has 2 saturated heterocycles. The third kappa shape index (κ3) is 2.82. The summed E-state index contributed by atoms with van der Waals surface area (Å²) < 4.78 is 7.99. The number of anilines is 1. The van der Waals surface area contributed by atoms with Crippen LogP contribution in [-0.4, -0.2) is 40.8 Å². The molecule has 1 aromatic carbocycles. The summed E-state index contributed by atoms with van der Waals surface area (Å²) in [4.78, 5) is 2.48. The molecule has 1 aliphatic carbocycles. The Morgan fingerprint density at radius 1 is 1.19 bits per heavy atom. The zero-order valence-electron chi connectivity index (χ0n) is 15.9. The fraction of sp³-hybridized carbons (Fsp3) is 0.619. The van der Waals surface area contributed by atoms with Crippen molar-refractivity contribution in [2.45, 2.75) is 58.6 Å². The van der Waals surface area contributed by atoms with Gasteiger partial charge in [0.15, 0.2) is 0 Å². The van der Waals surface area contributed by atoms with E-state index in [1.54, 1.807) is 0 Å². The van der Waals surface area contributed by atoms with Crippen LogP contribution in [0, 0.1) is 5.41 Å². The molecule has 1 atom stereocenters. The minimum atomic E-state index is 0.299. The molecule has 0 spiro atoms. The Kier molecular flexibility index (Phi) is 3.82. The van der Waals surface area contributed by atoms with Crippen LogP contribution in [-0.2, 0) is 24.1 Å². The average molecular weight is 352 g/mol. The van der Waals surface area contributed by atoms with Gasteiger partial charge in [0.25, 0.3) is 0 Å². The molecule has 5 nitrogen and oxygen atoms in total. The smallest absolute Gasteiger partial charge is 0.116 e. The summed E-state index contributed by atoms with van der Waals surface area (Å²) in [6.07, 6.45) is 5.99. The van der Waals surface area contributed by atoms with E-state index < -0.39 is 0 Å². The number of hydrogen-bond acceptors (Lipinski definition) is 4. The van der Waals surface area contributed by atoms with E-state index in [0.29, 0.717) is 11.5 Å². The van der Waals surface area contributed by atoms with Crippen molar-refractivity contribution < 1.29 is 4.74 Å². The van der Waals surface area contributed by atoms with Crippen LogP contribution in [0.1, 0.15) is 44.4 Å². The van der Waals surface area contributed by atoms with Gasteiger partial charge in [-0.1, -0.05) is 25.1 Å². The van der Waals surface area contributed by atoms with Crippen LogP contribution in [0.2, 0.25) is 0 Å². The lowest BCUT2D eigenvalue weighted by Crippen LogP contribution is -2.53. The van der Waals surface area contributed by atoms with Crippen LogP contribution in [0.15, 0.2) is 18.2 Å². The molecule has 1 aromatic heterocycles. The summed E-state index contributed by atoms with van der Waals surface area (Å²) in [5.41, 5.74) is 6.86. The normalized spacial score (nSPS) is 23.9. The van der Waals surface area contributed by atoms with Crippen LogP contribution < -0.4 is 4.90 Å². The number of fused-ring (bicyclic) bond motifs is 3. The van der Waals surface area contributed by atoms with E-state index in [1.165, 1.54) is 35.3 Å². The highest BCUT2D eigenvalue weighted by atomic mass is 16.5. The van der Waals surface area contributed by atoms with Crippen molar-refractivity contribution in [3.05, 3.63) is 29.5 Å². The second kappa shape index (κ2) is 6.08. The summed E-state index contributed by atoms with van der Waals surface area (Å²) in [6, 6.07) is 6.88. The van der Waals surface area contributed by atoms with Crippen molar-refractivity contribution in [2.75, 3.05) is 24.6 Å². The van der Waals surface area contributed by atoms with E-state index in [1.807, 2.05) is 0 Å². The molecule has 0 bridgehead atoms. The molecule has 3 heterocycles. The molecule has 0 saturated carbocycles. The van der Waals surface area contributed by atoms with Gasteiger partial charge in [-0.25, -0.2) is 4.68 Å². The first kappa shape index (κ1) is 16.3. The minimum Gasteiger partial charge on any atom is -0.376 e. The Balaban J connectivity index is 1.38. The zero-order valence-corrected chi connectivity index (χ0v) is 15.9. The third-order valence-corrected chi connectivity index (χ3v) is 6.07. The fourth-order valence-electron chi connectivity index (χ4n) is 4.72. The van der Waals surface area contributed by atoms with Gasteiger partial charge >= 0.3 is 0 Å². The quantitative estimate of drug-likeness (QED) is 0.848. The number of aryl methyl sites for hydroxylation is 1. The van der Waals surface area contributed by atoms with Crippen LogP contribution in [0.25, 0.3) is 11.3 Å². The van der Waals surface area contributed by atoms with E-state index in [-0.39, 0.29) is 0 Å². The molecule has 0 amide bonds. The van der Waals surface area contributed by atoms with Gasteiger partial charge in [-0.3, -0.25) is 0 Å². The highest BCUT2D eigenvalue weighted by Gasteiger charge is 2.34. The lowest BCUT2D eigenvalue weighted by Gasteiger charge is -2.47. The number of hydrogen-bond donors (Lipinski definition) is 0. The van der Waals surface area contributed by atoms with Crippen LogP contribution in [0.4, 0.5) is 5.69 Å². The number of nitrogens with zero attached hydrogens (tertiary/aromatic N) is 4. The lowest BCUT2D eigenvalue weighted by atomic mass is 9.83. The maximum Gasteiger partial charge on any atom is 0.116 e. The first-order valence-electron chi connectivity index (χ1n) is 10.0. The molecule has 5 rings (SSSR count). The topological polar surface area (TPSA) is 43.2 Å². The minimum absolute atomic E-state index is 0.299. The summed E-state index contributed by atoms with van der Waals surface area (Å²) in [7, 11) is 0. The fourth-order valence-corrected chi connectivity index (χ4v) is 4.72. The Hall–Kier alpha value is -1.88.